The quantitative estimate of drug-likeness (QED) is 0.315. The molecule has 0 spiro atoms. The van der Waals surface area contributed by atoms with Gasteiger partial charge in [-0.05, 0) is 45.3 Å². The molecule has 4 aromatic carbocycles. The molecule has 1 amide bonds. The van der Waals surface area contributed by atoms with Crippen molar-refractivity contribution in [2.75, 3.05) is 13.2 Å². The molecule has 0 atom stereocenters. The van der Waals surface area contributed by atoms with Gasteiger partial charge >= 0.3 is 0 Å². The molecule has 0 bridgehead atoms. The highest BCUT2D eigenvalue weighted by Crippen LogP contribution is 2.31. The first kappa shape index (κ1) is 18.2. The number of carbonyl (C=O) groups excluding carboxylic acids is 1. The van der Waals surface area contributed by atoms with Crippen molar-refractivity contribution < 1.29 is 14.3 Å². The van der Waals surface area contributed by atoms with Crippen molar-refractivity contribution in [1.29, 1.82) is 0 Å². The standard InChI is InChI=1S/C25H20N2O3/c28-25(14-17-9-10-23-24(13-17)30-12-11-29-23)27-26-16-22-20-7-3-1-5-18(20)15-19-6-2-4-8-21(19)22/h1-10,13,15-16H,11-12,14H2,(H,27,28)/b26-16-. The Morgan fingerprint density at radius 2 is 1.53 bits per heavy atom. The minimum Gasteiger partial charge on any atom is -0.486 e. The fraction of sp³-hybridized carbons (Fsp3) is 0.120. The third-order valence-corrected chi connectivity index (χ3v) is 5.17. The van der Waals surface area contributed by atoms with E-state index in [2.05, 4.69) is 40.9 Å². The predicted molar refractivity (Wildman–Crippen MR) is 118 cm³/mol. The highest BCUT2D eigenvalue weighted by atomic mass is 16.6. The van der Waals surface area contributed by atoms with Gasteiger partial charge in [0.2, 0.25) is 5.91 Å². The molecule has 0 unspecified atom stereocenters. The van der Waals surface area contributed by atoms with E-state index in [0.717, 1.165) is 32.7 Å². The monoisotopic (exact) mass is 396 g/mol. The Kier molecular flexibility index (Phi) is 4.77. The molecular weight excluding hydrogens is 376 g/mol. The average Bonchev–Trinajstić information content (AvgIpc) is 2.78. The Balaban J connectivity index is 1.36. The summed E-state index contributed by atoms with van der Waals surface area (Å²) in [6, 6.07) is 24.1. The van der Waals surface area contributed by atoms with Gasteiger partial charge in [0.15, 0.2) is 11.5 Å². The Morgan fingerprint density at radius 3 is 2.27 bits per heavy atom. The van der Waals surface area contributed by atoms with Crippen molar-refractivity contribution >= 4 is 33.7 Å². The van der Waals surface area contributed by atoms with Crippen molar-refractivity contribution in [1.82, 2.24) is 5.43 Å². The Hall–Kier alpha value is -3.86. The maximum absolute atomic E-state index is 12.4. The summed E-state index contributed by atoms with van der Waals surface area (Å²) in [5.41, 5.74) is 4.49. The Labute approximate surface area is 173 Å². The molecule has 1 heterocycles. The van der Waals surface area contributed by atoms with Crippen molar-refractivity contribution in [3.8, 4) is 11.5 Å². The second-order valence-electron chi connectivity index (χ2n) is 7.18. The van der Waals surface area contributed by atoms with Gasteiger partial charge in [-0.2, -0.15) is 5.10 Å². The molecule has 5 heteroatoms. The number of amides is 1. The Morgan fingerprint density at radius 1 is 0.867 bits per heavy atom. The third-order valence-electron chi connectivity index (χ3n) is 5.17. The van der Waals surface area contributed by atoms with E-state index in [4.69, 9.17) is 9.47 Å². The van der Waals surface area contributed by atoms with Gasteiger partial charge in [-0.15, -0.1) is 0 Å². The van der Waals surface area contributed by atoms with Crippen LogP contribution in [0.1, 0.15) is 11.1 Å². The van der Waals surface area contributed by atoms with Crippen LogP contribution >= 0.6 is 0 Å². The van der Waals surface area contributed by atoms with Gasteiger partial charge in [0.05, 0.1) is 12.6 Å². The van der Waals surface area contributed by atoms with Crippen LogP contribution in [0.2, 0.25) is 0 Å². The zero-order chi connectivity index (χ0) is 20.3. The third kappa shape index (κ3) is 3.57. The van der Waals surface area contributed by atoms with Gasteiger partial charge < -0.3 is 9.47 Å². The number of hydrazone groups is 1. The lowest BCUT2D eigenvalue weighted by atomic mass is 9.97. The van der Waals surface area contributed by atoms with E-state index in [-0.39, 0.29) is 12.3 Å². The number of ether oxygens (including phenoxy) is 2. The number of carbonyl (C=O) groups is 1. The van der Waals surface area contributed by atoms with Crippen LogP contribution < -0.4 is 14.9 Å². The second kappa shape index (κ2) is 7.87. The van der Waals surface area contributed by atoms with Crippen LogP contribution in [0.3, 0.4) is 0 Å². The van der Waals surface area contributed by atoms with Crippen molar-refractivity contribution in [3.05, 3.63) is 83.9 Å². The van der Waals surface area contributed by atoms with Gasteiger partial charge in [-0.1, -0.05) is 54.6 Å². The first-order valence-electron chi connectivity index (χ1n) is 9.89. The minimum absolute atomic E-state index is 0.188. The van der Waals surface area contributed by atoms with Crippen LogP contribution in [-0.4, -0.2) is 25.3 Å². The molecule has 1 aliphatic heterocycles. The fourth-order valence-electron chi connectivity index (χ4n) is 3.78. The van der Waals surface area contributed by atoms with E-state index in [0.29, 0.717) is 24.7 Å². The minimum atomic E-state index is -0.188. The first-order chi connectivity index (χ1) is 14.8. The molecular formula is C25H20N2O3. The van der Waals surface area contributed by atoms with Crippen LogP contribution in [-0.2, 0) is 11.2 Å². The van der Waals surface area contributed by atoms with Gasteiger partial charge in [0, 0.05) is 5.56 Å². The number of fused-ring (bicyclic) bond motifs is 3. The zero-order valence-corrected chi connectivity index (χ0v) is 16.3. The van der Waals surface area contributed by atoms with E-state index < -0.39 is 0 Å². The van der Waals surface area contributed by atoms with E-state index in [1.54, 1.807) is 6.21 Å². The molecule has 0 fully saturated rings. The van der Waals surface area contributed by atoms with Crippen molar-refractivity contribution in [2.45, 2.75) is 6.42 Å². The summed E-state index contributed by atoms with van der Waals surface area (Å²) in [4.78, 5) is 12.4. The summed E-state index contributed by atoms with van der Waals surface area (Å²) in [5, 5.41) is 8.72. The van der Waals surface area contributed by atoms with Crippen LogP contribution in [0.15, 0.2) is 77.9 Å². The number of rotatable bonds is 4. The van der Waals surface area contributed by atoms with E-state index in [1.807, 2.05) is 42.5 Å². The highest BCUT2D eigenvalue weighted by molar-refractivity contribution is 6.13. The smallest absolute Gasteiger partial charge is 0.244 e. The molecule has 0 aromatic heterocycles. The normalized spacial score (nSPS) is 13.1. The summed E-state index contributed by atoms with van der Waals surface area (Å²) in [6.45, 7) is 1.07. The number of hydrogen-bond acceptors (Lipinski definition) is 4. The molecule has 0 radical (unpaired) electrons. The number of hydrogen-bond donors (Lipinski definition) is 1. The lowest BCUT2D eigenvalue weighted by molar-refractivity contribution is -0.120. The van der Waals surface area contributed by atoms with Crippen LogP contribution in [0.25, 0.3) is 21.5 Å². The molecule has 5 rings (SSSR count). The molecule has 0 saturated carbocycles. The first-order valence-corrected chi connectivity index (χ1v) is 9.89. The molecule has 1 N–H and O–H groups in total. The Bertz CT molecular complexity index is 1230. The lowest BCUT2D eigenvalue weighted by Gasteiger charge is -2.18. The van der Waals surface area contributed by atoms with Gasteiger partial charge in [-0.25, -0.2) is 5.43 Å². The summed E-state index contributed by atoms with van der Waals surface area (Å²) in [5.74, 6) is 1.20. The number of benzene rings is 4. The second-order valence-corrected chi connectivity index (χ2v) is 7.18. The molecule has 0 saturated heterocycles. The predicted octanol–water partition coefficient (Wildman–Crippen LogP) is 4.46. The number of nitrogens with one attached hydrogen (secondary N) is 1. The summed E-state index contributed by atoms with van der Waals surface area (Å²) in [7, 11) is 0. The van der Waals surface area contributed by atoms with Crippen molar-refractivity contribution in [3.63, 3.8) is 0 Å². The van der Waals surface area contributed by atoms with Crippen LogP contribution in [0.5, 0.6) is 11.5 Å². The fourth-order valence-corrected chi connectivity index (χ4v) is 3.78. The topological polar surface area (TPSA) is 59.9 Å². The molecule has 0 aliphatic carbocycles. The molecule has 4 aromatic rings. The highest BCUT2D eigenvalue weighted by Gasteiger charge is 2.13. The van der Waals surface area contributed by atoms with Gasteiger partial charge in [0.25, 0.3) is 0 Å². The van der Waals surface area contributed by atoms with Crippen molar-refractivity contribution in [2.24, 2.45) is 5.10 Å². The summed E-state index contributed by atoms with van der Waals surface area (Å²) < 4.78 is 11.1. The van der Waals surface area contributed by atoms with E-state index in [1.165, 1.54) is 0 Å². The SMILES string of the molecule is O=C(Cc1ccc2c(c1)OCCO2)N/N=C\c1c2ccccc2cc2ccccc12. The lowest BCUT2D eigenvalue weighted by Crippen LogP contribution is -2.20. The largest absolute Gasteiger partial charge is 0.486 e. The van der Waals surface area contributed by atoms with E-state index in [9.17, 15) is 4.79 Å². The average molecular weight is 396 g/mol. The van der Waals surface area contributed by atoms with Crippen LogP contribution in [0.4, 0.5) is 0 Å². The number of nitrogens with zero attached hydrogens (tertiary/aromatic N) is 1. The zero-order valence-electron chi connectivity index (χ0n) is 16.3. The maximum Gasteiger partial charge on any atom is 0.244 e. The van der Waals surface area contributed by atoms with E-state index >= 15 is 0 Å². The molecule has 1 aliphatic rings. The van der Waals surface area contributed by atoms with Gasteiger partial charge in [-0.3, -0.25) is 4.79 Å². The van der Waals surface area contributed by atoms with Gasteiger partial charge in [0.1, 0.15) is 13.2 Å². The molecule has 5 nitrogen and oxygen atoms in total. The van der Waals surface area contributed by atoms with Crippen LogP contribution in [0, 0.1) is 0 Å². The molecule has 148 valence electrons. The molecule has 30 heavy (non-hydrogen) atoms. The summed E-state index contributed by atoms with van der Waals surface area (Å²) >= 11 is 0. The maximum atomic E-state index is 12.4. The summed E-state index contributed by atoms with van der Waals surface area (Å²) in [6.07, 6.45) is 1.94.